The second-order valence-corrected chi connectivity index (χ2v) is 5.30. The zero-order valence-electron chi connectivity index (χ0n) is 12.1. The SMILES string of the molecule is Cc1cc([N+](=O)[O-])cc(C(=O)N(C)C2CCCNC2)c1F. The number of carbonyl (C=O) groups excluding carboxylic acids is 1. The van der Waals surface area contributed by atoms with Crippen LogP contribution in [0.15, 0.2) is 12.1 Å². The van der Waals surface area contributed by atoms with E-state index in [0.29, 0.717) is 6.54 Å². The summed E-state index contributed by atoms with van der Waals surface area (Å²) in [4.78, 5) is 24.1. The van der Waals surface area contributed by atoms with Crippen molar-refractivity contribution in [1.82, 2.24) is 10.2 Å². The van der Waals surface area contributed by atoms with Gasteiger partial charge in [-0.2, -0.15) is 0 Å². The second kappa shape index (κ2) is 6.17. The van der Waals surface area contributed by atoms with E-state index in [4.69, 9.17) is 0 Å². The van der Waals surface area contributed by atoms with Gasteiger partial charge in [0.25, 0.3) is 11.6 Å². The number of piperidine rings is 1. The summed E-state index contributed by atoms with van der Waals surface area (Å²) in [5, 5.41) is 14.0. The Bertz CT molecular complexity index is 571. The molecular weight excluding hydrogens is 277 g/mol. The Kier molecular flexibility index (Phi) is 4.52. The van der Waals surface area contributed by atoms with Crippen molar-refractivity contribution in [2.45, 2.75) is 25.8 Å². The quantitative estimate of drug-likeness (QED) is 0.682. The Balaban J connectivity index is 2.31. The molecule has 1 heterocycles. The van der Waals surface area contributed by atoms with Gasteiger partial charge in [0.05, 0.1) is 10.5 Å². The number of non-ortho nitro benzene ring substituents is 1. The van der Waals surface area contributed by atoms with Crippen LogP contribution < -0.4 is 5.32 Å². The molecule has 1 aliphatic heterocycles. The van der Waals surface area contributed by atoms with Crippen molar-refractivity contribution in [2.75, 3.05) is 20.1 Å². The summed E-state index contributed by atoms with van der Waals surface area (Å²) in [5.41, 5.74) is -0.412. The lowest BCUT2D eigenvalue weighted by Crippen LogP contribution is -2.46. The van der Waals surface area contributed by atoms with Crippen LogP contribution in [0.3, 0.4) is 0 Å². The van der Waals surface area contributed by atoms with Gasteiger partial charge in [-0.15, -0.1) is 0 Å². The van der Waals surface area contributed by atoms with Crippen molar-refractivity contribution in [2.24, 2.45) is 0 Å². The van der Waals surface area contributed by atoms with Crippen molar-refractivity contribution in [3.05, 3.63) is 39.2 Å². The number of hydrogen-bond donors (Lipinski definition) is 1. The lowest BCUT2D eigenvalue weighted by molar-refractivity contribution is -0.385. The Labute approximate surface area is 122 Å². The van der Waals surface area contributed by atoms with Gasteiger partial charge >= 0.3 is 0 Å². The second-order valence-electron chi connectivity index (χ2n) is 5.30. The van der Waals surface area contributed by atoms with E-state index >= 15 is 0 Å². The molecule has 0 spiro atoms. The molecule has 2 rings (SSSR count). The third-order valence-corrected chi connectivity index (χ3v) is 3.82. The summed E-state index contributed by atoms with van der Waals surface area (Å²) in [6, 6.07) is 2.12. The van der Waals surface area contributed by atoms with Gasteiger partial charge in [-0.05, 0) is 31.9 Å². The minimum Gasteiger partial charge on any atom is -0.337 e. The number of hydrogen-bond acceptors (Lipinski definition) is 4. The summed E-state index contributed by atoms with van der Waals surface area (Å²) in [6.45, 7) is 2.97. The number of nitrogens with zero attached hydrogens (tertiary/aromatic N) is 2. The summed E-state index contributed by atoms with van der Waals surface area (Å²) < 4.78 is 14.1. The van der Waals surface area contributed by atoms with E-state index in [1.807, 2.05) is 0 Å². The number of benzene rings is 1. The first-order valence-corrected chi connectivity index (χ1v) is 6.84. The van der Waals surface area contributed by atoms with Gasteiger partial charge in [0, 0.05) is 31.8 Å². The molecule has 0 saturated carbocycles. The summed E-state index contributed by atoms with van der Waals surface area (Å²) in [7, 11) is 1.60. The van der Waals surface area contributed by atoms with Gasteiger partial charge in [-0.25, -0.2) is 4.39 Å². The lowest BCUT2D eigenvalue weighted by Gasteiger charge is -2.31. The fraction of sp³-hybridized carbons (Fsp3) is 0.500. The van der Waals surface area contributed by atoms with E-state index in [9.17, 15) is 19.3 Å². The maximum Gasteiger partial charge on any atom is 0.270 e. The Morgan fingerprint density at radius 1 is 1.52 bits per heavy atom. The summed E-state index contributed by atoms with van der Waals surface area (Å²) in [6.07, 6.45) is 1.78. The molecule has 1 unspecified atom stereocenters. The first-order chi connectivity index (χ1) is 9.91. The van der Waals surface area contributed by atoms with Crippen LogP contribution in [0.4, 0.5) is 10.1 Å². The largest absolute Gasteiger partial charge is 0.337 e. The number of nitro groups is 1. The van der Waals surface area contributed by atoms with Crippen LogP contribution in [0, 0.1) is 22.9 Å². The average Bonchev–Trinajstić information content (AvgIpc) is 2.49. The number of nitrogens with one attached hydrogen (secondary N) is 1. The minimum absolute atomic E-state index is 0.0229. The van der Waals surface area contributed by atoms with Crippen molar-refractivity contribution < 1.29 is 14.1 Å². The topological polar surface area (TPSA) is 75.5 Å². The van der Waals surface area contributed by atoms with E-state index < -0.39 is 16.6 Å². The van der Waals surface area contributed by atoms with Crippen LogP contribution in [-0.4, -0.2) is 41.9 Å². The highest BCUT2D eigenvalue weighted by molar-refractivity contribution is 5.95. The molecule has 0 aliphatic carbocycles. The maximum absolute atomic E-state index is 14.1. The number of likely N-dealkylation sites (N-methyl/N-ethyl adjacent to an activating group) is 1. The molecule has 0 bridgehead atoms. The average molecular weight is 295 g/mol. The molecule has 21 heavy (non-hydrogen) atoms. The number of aryl methyl sites for hydroxylation is 1. The molecule has 1 amide bonds. The fourth-order valence-electron chi connectivity index (χ4n) is 2.53. The van der Waals surface area contributed by atoms with Gasteiger partial charge in [-0.3, -0.25) is 14.9 Å². The molecule has 0 radical (unpaired) electrons. The Hall–Kier alpha value is -2.02. The van der Waals surface area contributed by atoms with Crippen molar-refractivity contribution >= 4 is 11.6 Å². The molecule has 114 valence electrons. The molecule has 1 aromatic rings. The standard InChI is InChI=1S/C14H18FN3O3/c1-9-6-11(18(20)21)7-12(13(9)15)14(19)17(2)10-4-3-5-16-8-10/h6-7,10,16H,3-5,8H2,1-2H3. The molecule has 1 saturated heterocycles. The molecule has 7 heteroatoms. The van der Waals surface area contributed by atoms with Crippen molar-refractivity contribution in [3.8, 4) is 0 Å². The van der Waals surface area contributed by atoms with Gasteiger partial charge in [0.1, 0.15) is 5.82 Å². The zero-order valence-corrected chi connectivity index (χ0v) is 12.1. The fourth-order valence-corrected chi connectivity index (χ4v) is 2.53. The van der Waals surface area contributed by atoms with Crippen LogP contribution in [0.2, 0.25) is 0 Å². The highest BCUT2D eigenvalue weighted by atomic mass is 19.1. The Morgan fingerprint density at radius 3 is 2.81 bits per heavy atom. The van der Waals surface area contributed by atoms with Crippen LogP contribution >= 0.6 is 0 Å². The van der Waals surface area contributed by atoms with E-state index in [1.165, 1.54) is 11.8 Å². The number of nitro benzene ring substituents is 1. The summed E-state index contributed by atoms with van der Waals surface area (Å²) in [5.74, 6) is -1.21. The van der Waals surface area contributed by atoms with Crippen LogP contribution in [0.25, 0.3) is 0 Å². The van der Waals surface area contributed by atoms with E-state index in [2.05, 4.69) is 5.32 Å². The predicted molar refractivity (Wildman–Crippen MR) is 75.8 cm³/mol. The normalized spacial score (nSPS) is 18.3. The molecule has 1 aromatic carbocycles. The van der Waals surface area contributed by atoms with Crippen LogP contribution in [0.1, 0.15) is 28.8 Å². The van der Waals surface area contributed by atoms with Crippen LogP contribution in [0.5, 0.6) is 0 Å². The number of halogens is 1. The number of carbonyl (C=O) groups is 1. The van der Waals surface area contributed by atoms with Gasteiger partial charge in [-0.1, -0.05) is 0 Å². The van der Waals surface area contributed by atoms with Crippen molar-refractivity contribution in [3.63, 3.8) is 0 Å². The van der Waals surface area contributed by atoms with E-state index in [1.54, 1.807) is 7.05 Å². The zero-order chi connectivity index (χ0) is 15.6. The van der Waals surface area contributed by atoms with Crippen molar-refractivity contribution in [1.29, 1.82) is 0 Å². The predicted octanol–water partition coefficient (Wildman–Crippen LogP) is 1.87. The minimum atomic E-state index is -0.693. The third-order valence-electron chi connectivity index (χ3n) is 3.82. The van der Waals surface area contributed by atoms with Gasteiger partial charge < -0.3 is 10.2 Å². The van der Waals surface area contributed by atoms with E-state index in [0.717, 1.165) is 31.5 Å². The summed E-state index contributed by atoms with van der Waals surface area (Å²) >= 11 is 0. The molecular formula is C14H18FN3O3. The van der Waals surface area contributed by atoms with Gasteiger partial charge in [0.2, 0.25) is 0 Å². The molecule has 1 atom stereocenters. The maximum atomic E-state index is 14.1. The lowest BCUT2D eigenvalue weighted by atomic mass is 10.0. The molecule has 1 aliphatic rings. The third kappa shape index (κ3) is 3.18. The highest BCUT2D eigenvalue weighted by Gasteiger charge is 2.27. The van der Waals surface area contributed by atoms with E-state index in [-0.39, 0.29) is 22.9 Å². The van der Waals surface area contributed by atoms with Crippen LogP contribution in [-0.2, 0) is 0 Å². The monoisotopic (exact) mass is 295 g/mol. The number of amides is 1. The molecule has 1 N–H and O–H groups in total. The Morgan fingerprint density at radius 2 is 2.24 bits per heavy atom. The highest BCUT2D eigenvalue weighted by Crippen LogP contribution is 2.23. The molecule has 0 aromatic heterocycles. The molecule has 1 fully saturated rings. The first kappa shape index (κ1) is 15.4. The number of rotatable bonds is 3. The smallest absolute Gasteiger partial charge is 0.270 e. The molecule has 6 nitrogen and oxygen atoms in total. The first-order valence-electron chi connectivity index (χ1n) is 6.84. The van der Waals surface area contributed by atoms with Gasteiger partial charge in [0.15, 0.2) is 0 Å².